The average Bonchev–Trinajstić information content (AvgIpc) is 2.47. The molecule has 0 aliphatic carbocycles. The van der Waals surface area contributed by atoms with Gasteiger partial charge < -0.3 is 25.4 Å². The number of rotatable bonds is 7. The highest BCUT2D eigenvalue weighted by Gasteiger charge is 2.32. The maximum absolute atomic E-state index is 11.9. The molecule has 20 heavy (non-hydrogen) atoms. The molecule has 0 radical (unpaired) electrons. The number of hydrogen-bond acceptors (Lipinski definition) is 5. The van der Waals surface area contributed by atoms with Crippen molar-refractivity contribution in [2.75, 3.05) is 19.8 Å². The summed E-state index contributed by atoms with van der Waals surface area (Å²) in [7, 11) is 0. The van der Waals surface area contributed by atoms with E-state index in [-0.39, 0.29) is 0 Å². The topological polar surface area (TPSA) is 99.0 Å². The fraction of sp³-hybridized carbons (Fsp3) is 0.500. The van der Waals surface area contributed by atoms with Gasteiger partial charge >= 0.3 is 0 Å². The third-order valence-corrected chi connectivity index (χ3v) is 3.00. The Bertz CT molecular complexity index is 419. The smallest absolute Gasteiger partial charge is 0.261 e. The van der Waals surface area contributed by atoms with Gasteiger partial charge in [-0.05, 0) is 26.0 Å². The monoisotopic (exact) mass is 283 g/mol. The average molecular weight is 283 g/mol. The maximum Gasteiger partial charge on any atom is 0.261 e. The minimum atomic E-state index is -1.44. The lowest BCUT2D eigenvalue weighted by Crippen LogP contribution is -2.59. The predicted molar refractivity (Wildman–Crippen MR) is 73.4 cm³/mol. The first-order chi connectivity index (χ1) is 9.46. The van der Waals surface area contributed by atoms with Crippen LogP contribution in [0.1, 0.15) is 12.5 Å². The summed E-state index contributed by atoms with van der Waals surface area (Å²) in [5.41, 5.74) is -0.364. The lowest BCUT2D eigenvalue weighted by Gasteiger charge is -2.30. The van der Waals surface area contributed by atoms with Gasteiger partial charge in [-0.15, -0.1) is 0 Å². The summed E-state index contributed by atoms with van der Waals surface area (Å²) in [6.07, 6.45) is -0.818. The summed E-state index contributed by atoms with van der Waals surface area (Å²) in [4.78, 5) is 11.9. The second-order valence-corrected chi connectivity index (χ2v) is 4.82. The van der Waals surface area contributed by atoms with E-state index in [9.17, 15) is 4.79 Å². The van der Waals surface area contributed by atoms with Crippen molar-refractivity contribution in [2.24, 2.45) is 0 Å². The molecule has 1 rings (SSSR count). The number of nitrogens with one attached hydrogen (secondary N) is 1. The molecule has 0 heterocycles. The Labute approximate surface area is 118 Å². The van der Waals surface area contributed by atoms with Crippen LogP contribution in [-0.4, -0.2) is 52.7 Å². The molecule has 0 saturated carbocycles. The molecule has 0 aromatic heterocycles. The molecule has 0 aliphatic heterocycles. The van der Waals surface area contributed by atoms with E-state index in [1.54, 1.807) is 19.1 Å². The highest BCUT2D eigenvalue weighted by molar-refractivity contribution is 5.81. The van der Waals surface area contributed by atoms with Crippen LogP contribution in [0.3, 0.4) is 0 Å². The molecule has 1 unspecified atom stereocenters. The molecule has 1 atom stereocenters. The first kappa shape index (κ1) is 16.4. The van der Waals surface area contributed by atoms with Gasteiger partial charge in [0, 0.05) is 0 Å². The third kappa shape index (κ3) is 4.19. The Morgan fingerprint density at radius 1 is 1.20 bits per heavy atom. The van der Waals surface area contributed by atoms with Gasteiger partial charge in [-0.2, -0.15) is 0 Å². The lowest BCUT2D eigenvalue weighted by molar-refractivity contribution is -0.131. The number of aryl methyl sites for hydroxylation is 1. The highest BCUT2D eigenvalue weighted by Crippen LogP contribution is 2.14. The molecular weight excluding hydrogens is 262 g/mol. The van der Waals surface area contributed by atoms with Crippen LogP contribution in [0.2, 0.25) is 0 Å². The molecule has 0 spiro atoms. The van der Waals surface area contributed by atoms with Crippen LogP contribution in [-0.2, 0) is 4.79 Å². The molecule has 1 aromatic rings. The molecule has 1 amide bonds. The standard InChI is InChI=1S/C14H21NO5/c1-10-3-5-12(6-4-10)20-11(2)13(19)15-14(7-16,8-17)9-18/h3-6,11,16-18H,7-9H2,1-2H3,(H,15,19). The van der Waals surface area contributed by atoms with Crippen molar-refractivity contribution < 1.29 is 24.9 Å². The minimum Gasteiger partial charge on any atom is -0.481 e. The Kier molecular flexibility index (Phi) is 5.94. The highest BCUT2D eigenvalue weighted by atomic mass is 16.5. The number of carbonyl (C=O) groups excluding carboxylic acids is 1. The zero-order chi connectivity index (χ0) is 15.2. The molecular formula is C14H21NO5. The first-order valence-corrected chi connectivity index (χ1v) is 6.34. The molecule has 112 valence electrons. The first-order valence-electron chi connectivity index (χ1n) is 6.34. The molecule has 0 fully saturated rings. The van der Waals surface area contributed by atoms with Gasteiger partial charge in [-0.25, -0.2) is 0 Å². The zero-order valence-electron chi connectivity index (χ0n) is 11.7. The summed E-state index contributed by atoms with van der Waals surface area (Å²) in [5, 5.41) is 29.9. The summed E-state index contributed by atoms with van der Waals surface area (Å²) >= 11 is 0. The third-order valence-electron chi connectivity index (χ3n) is 3.00. The number of amides is 1. The van der Waals surface area contributed by atoms with E-state index in [2.05, 4.69) is 5.32 Å². The van der Waals surface area contributed by atoms with Crippen LogP contribution >= 0.6 is 0 Å². The van der Waals surface area contributed by atoms with Gasteiger partial charge in [0.25, 0.3) is 5.91 Å². The van der Waals surface area contributed by atoms with Crippen LogP contribution < -0.4 is 10.1 Å². The number of hydrogen-bond donors (Lipinski definition) is 4. The maximum atomic E-state index is 11.9. The fourth-order valence-electron chi connectivity index (χ4n) is 1.51. The Hall–Kier alpha value is -1.63. The lowest BCUT2D eigenvalue weighted by atomic mass is 10.0. The molecule has 1 aromatic carbocycles. The SMILES string of the molecule is Cc1ccc(OC(C)C(=O)NC(CO)(CO)CO)cc1. The largest absolute Gasteiger partial charge is 0.481 e. The van der Waals surface area contributed by atoms with E-state index in [1.807, 2.05) is 19.1 Å². The van der Waals surface area contributed by atoms with Crippen LogP contribution in [0.5, 0.6) is 5.75 Å². The number of benzene rings is 1. The fourth-order valence-corrected chi connectivity index (χ4v) is 1.51. The van der Waals surface area contributed by atoms with Gasteiger partial charge in [-0.1, -0.05) is 17.7 Å². The number of aliphatic hydroxyl groups excluding tert-OH is 3. The predicted octanol–water partition coefficient (Wildman–Crippen LogP) is -0.406. The van der Waals surface area contributed by atoms with Gasteiger partial charge in [-0.3, -0.25) is 4.79 Å². The van der Waals surface area contributed by atoms with E-state index in [0.717, 1.165) is 5.56 Å². The summed E-state index contributed by atoms with van der Waals surface area (Å²) < 4.78 is 5.45. The van der Waals surface area contributed by atoms with E-state index in [4.69, 9.17) is 20.1 Å². The Balaban J connectivity index is 2.65. The van der Waals surface area contributed by atoms with Crippen molar-refractivity contribution in [3.63, 3.8) is 0 Å². The van der Waals surface area contributed by atoms with E-state index in [0.29, 0.717) is 5.75 Å². The zero-order valence-corrected chi connectivity index (χ0v) is 11.7. The second-order valence-electron chi connectivity index (χ2n) is 4.82. The van der Waals surface area contributed by atoms with Gasteiger partial charge in [0.2, 0.25) is 0 Å². The van der Waals surface area contributed by atoms with Crippen LogP contribution in [0.15, 0.2) is 24.3 Å². The molecule has 0 aliphatic rings. The quantitative estimate of drug-likeness (QED) is 0.545. The summed E-state index contributed by atoms with van der Waals surface area (Å²) in [5.74, 6) is 0.0172. The Morgan fingerprint density at radius 2 is 1.70 bits per heavy atom. The summed E-state index contributed by atoms with van der Waals surface area (Å²) in [6, 6.07) is 7.21. The molecule has 4 N–H and O–H groups in total. The van der Waals surface area contributed by atoms with E-state index < -0.39 is 37.4 Å². The Morgan fingerprint density at radius 3 is 2.15 bits per heavy atom. The van der Waals surface area contributed by atoms with Gasteiger partial charge in [0.05, 0.1) is 19.8 Å². The second kappa shape index (κ2) is 7.23. The van der Waals surface area contributed by atoms with Crippen molar-refractivity contribution in [1.29, 1.82) is 0 Å². The summed E-state index contributed by atoms with van der Waals surface area (Å²) in [6.45, 7) is 1.79. The van der Waals surface area contributed by atoms with Gasteiger partial charge in [0.1, 0.15) is 11.3 Å². The number of carbonyl (C=O) groups is 1. The number of ether oxygens (including phenoxy) is 1. The molecule has 0 saturated heterocycles. The molecule has 0 bridgehead atoms. The minimum absolute atomic E-state index is 0.525. The van der Waals surface area contributed by atoms with Crippen molar-refractivity contribution in [1.82, 2.24) is 5.32 Å². The van der Waals surface area contributed by atoms with Crippen molar-refractivity contribution in [3.05, 3.63) is 29.8 Å². The van der Waals surface area contributed by atoms with E-state index >= 15 is 0 Å². The van der Waals surface area contributed by atoms with Crippen LogP contribution in [0.4, 0.5) is 0 Å². The van der Waals surface area contributed by atoms with Crippen LogP contribution in [0, 0.1) is 6.92 Å². The molecule has 6 heteroatoms. The van der Waals surface area contributed by atoms with Crippen molar-refractivity contribution >= 4 is 5.91 Å². The normalized spacial score (nSPS) is 12.8. The van der Waals surface area contributed by atoms with Gasteiger partial charge in [0.15, 0.2) is 6.10 Å². The number of aliphatic hydroxyl groups is 3. The molecule has 6 nitrogen and oxygen atoms in total. The van der Waals surface area contributed by atoms with Crippen molar-refractivity contribution in [3.8, 4) is 5.75 Å². The van der Waals surface area contributed by atoms with E-state index in [1.165, 1.54) is 0 Å². The van der Waals surface area contributed by atoms with Crippen LogP contribution in [0.25, 0.3) is 0 Å². The van der Waals surface area contributed by atoms with Crippen molar-refractivity contribution in [2.45, 2.75) is 25.5 Å².